The Hall–Kier alpha value is -1.28. The molecule has 0 saturated carbocycles. The van der Waals surface area contributed by atoms with Crippen molar-refractivity contribution >= 4 is 0 Å². The third-order valence-electron chi connectivity index (χ3n) is 3.67. The van der Waals surface area contributed by atoms with E-state index in [9.17, 15) is 0 Å². The SMILES string of the molecule is C=CCCCCCC(NCC)c1ccc(OC)c(C)c1. The lowest BCUT2D eigenvalue weighted by molar-refractivity contribution is 0.410. The van der Waals surface area contributed by atoms with Crippen LogP contribution in [0.2, 0.25) is 0 Å². The number of nitrogens with one attached hydrogen (secondary N) is 1. The fraction of sp³-hybridized carbons (Fsp3) is 0.556. The van der Waals surface area contributed by atoms with Gasteiger partial charge in [-0.2, -0.15) is 0 Å². The maximum atomic E-state index is 5.34. The summed E-state index contributed by atoms with van der Waals surface area (Å²) in [6.45, 7) is 9.05. The number of ether oxygens (including phenoxy) is 1. The van der Waals surface area contributed by atoms with Gasteiger partial charge in [-0.15, -0.1) is 6.58 Å². The molecule has 0 saturated heterocycles. The molecule has 1 aromatic rings. The van der Waals surface area contributed by atoms with Crippen LogP contribution in [0.3, 0.4) is 0 Å². The quantitative estimate of drug-likeness (QED) is 0.489. The Kier molecular flexibility index (Phi) is 8.05. The van der Waals surface area contributed by atoms with Crippen molar-refractivity contribution in [2.75, 3.05) is 13.7 Å². The lowest BCUT2D eigenvalue weighted by Gasteiger charge is -2.19. The van der Waals surface area contributed by atoms with Gasteiger partial charge in [0.2, 0.25) is 0 Å². The fourth-order valence-electron chi connectivity index (χ4n) is 2.57. The van der Waals surface area contributed by atoms with Crippen LogP contribution in [0.4, 0.5) is 0 Å². The summed E-state index contributed by atoms with van der Waals surface area (Å²) in [6, 6.07) is 6.96. The molecule has 0 bridgehead atoms. The highest BCUT2D eigenvalue weighted by Crippen LogP contribution is 2.25. The molecule has 0 aromatic heterocycles. The van der Waals surface area contributed by atoms with Gasteiger partial charge in [0, 0.05) is 6.04 Å². The average molecular weight is 275 g/mol. The molecular formula is C18H29NO. The molecule has 1 rings (SSSR count). The third kappa shape index (κ3) is 5.38. The number of allylic oxidation sites excluding steroid dienone is 1. The van der Waals surface area contributed by atoms with Gasteiger partial charge in [0.25, 0.3) is 0 Å². The van der Waals surface area contributed by atoms with E-state index in [2.05, 4.69) is 43.9 Å². The van der Waals surface area contributed by atoms with Crippen LogP contribution in [0.5, 0.6) is 5.75 Å². The predicted octanol–water partition coefficient (Wildman–Crippen LogP) is 4.79. The first-order valence-corrected chi connectivity index (χ1v) is 7.71. The Balaban J connectivity index is 2.60. The zero-order valence-electron chi connectivity index (χ0n) is 13.2. The maximum absolute atomic E-state index is 5.34. The second kappa shape index (κ2) is 9.60. The lowest BCUT2D eigenvalue weighted by atomic mass is 9.98. The number of hydrogen-bond donors (Lipinski definition) is 1. The zero-order valence-corrected chi connectivity index (χ0v) is 13.2. The molecule has 0 aliphatic carbocycles. The molecule has 1 unspecified atom stereocenters. The largest absolute Gasteiger partial charge is 0.496 e. The van der Waals surface area contributed by atoms with E-state index in [1.807, 2.05) is 6.08 Å². The van der Waals surface area contributed by atoms with Crippen LogP contribution in [0.25, 0.3) is 0 Å². The van der Waals surface area contributed by atoms with Crippen molar-refractivity contribution < 1.29 is 4.74 Å². The molecule has 1 N–H and O–H groups in total. The summed E-state index contributed by atoms with van der Waals surface area (Å²) in [6.07, 6.45) is 8.13. The molecule has 0 spiro atoms. The summed E-state index contributed by atoms with van der Waals surface area (Å²) in [5, 5.41) is 3.59. The van der Waals surface area contributed by atoms with Crippen LogP contribution >= 0.6 is 0 Å². The van der Waals surface area contributed by atoms with Crippen LogP contribution in [0.1, 0.15) is 56.2 Å². The van der Waals surface area contributed by atoms with Crippen molar-refractivity contribution in [3.63, 3.8) is 0 Å². The normalized spacial score (nSPS) is 12.2. The van der Waals surface area contributed by atoms with Crippen molar-refractivity contribution in [3.05, 3.63) is 42.0 Å². The molecule has 0 aliphatic rings. The first-order valence-electron chi connectivity index (χ1n) is 7.71. The van der Waals surface area contributed by atoms with E-state index in [0.29, 0.717) is 6.04 Å². The number of methoxy groups -OCH3 is 1. The first-order chi connectivity index (χ1) is 9.72. The molecule has 20 heavy (non-hydrogen) atoms. The smallest absolute Gasteiger partial charge is 0.121 e. The standard InChI is InChI=1S/C18H29NO/c1-5-7-8-9-10-11-17(19-6-2)16-12-13-18(20-4)15(3)14-16/h5,12-14,17,19H,1,6-11H2,2-4H3. The number of aryl methyl sites for hydroxylation is 1. The molecule has 0 heterocycles. The van der Waals surface area contributed by atoms with Crippen molar-refractivity contribution in [3.8, 4) is 5.75 Å². The van der Waals surface area contributed by atoms with Gasteiger partial charge in [-0.1, -0.05) is 38.0 Å². The summed E-state index contributed by atoms with van der Waals surface area (Å²) in [7, 11) is 1.73. The van der Waals surface area contributed by atoms with Crippen LogP contribution in [-0.2, 0) is 0 Å². The molecular weight excluding hydrogens is 246 g/mol. The number of hydrogen-bond acceptors (Lipinski definition) is 2. The monoisotopic (exact) mass is 275 g/mol. The van der Waals surface area contributed by atoms with Crippen molar-refractivity contribution in [2.24, 2.45) is 0 Å². The minimum Gasteiger partial charge on any atom is -0.496 e. The molecule has 0 aliphatic heterocycles. The van der Waals surface area contributed by atoms with Crippen LogP contribution in [-0.4, -0.2) is 13.7 Å². The molecule has 1 atom stereocenters. The van der Waals surface area contributed by atoms with Gasteiger partial charge in [0.05, 0.1) is 7.11 Å². The van der Waals surface area contributed by atoms with E-state index < -0.39 is 0 Å². The van der Waals surface area contributed by atoms with Gasteiger partial charge >= 0.3 is 0 Å². The van der Waals surface area contributed by atoms with E-state index in [1.165, 1.54) is 36.8 Å². The van der Waals surface area contributed by atoms with E-state index >= 15 is 0 Å². The second-order valence-electron chi connectivity index (χ2n) is 5.27. The van der Waals surface area contributed by atoms with Gasteiger partial charge in [-0.25, -0.2) is 0 Å². The third-order valence-corrected chi connectivity index (χ3v) is 3.67. The Morgan fingerprint density at radius 2 is 2.10 bits per heavy atom. The fourth-order valence-corrected chi connectivity index (χ4v) is 2.57. The van der Waals surface area contributed by atoms with Gasteiger partial charge < -0.3 is 10.1 Å². The van der Waals surface area contributed by atoms with Gasteiger partial charge in [0.1, 0.15) is 5.75 Å². The van der Waals surface area contributed by atoms with Crippen LogP contribution in [0, 0.1) is 6.92 Å². The van der Waals surface area contributed by atoms with Gasteiger partial charge in [-0.3, -0.25) is 0 Å². The average Bonchev–Trinajstić information content (AvgIpc) is 2.46. The van der Waals surface area contributed by atoms with Crippen LogP contribution in [0.15, 0.2) is 30.9 Å². The summed E-state index contributed by atoms with van der Waals surface area (Å²) < 4.78 is 5.34. The molecule has 1 aromatic carbocycles. The number of benzene rings is 1. The molecule has 0 amide bonds. The minimum atomic E-state index is 0.452. The summed E-state index contributed by atoms with van der Waals surface area (Å²) >= 11 is 0. The molecule has 2 heteroatoms. The predicted molar refractivity (Wildman–Crippen MR) is 87.4 cm³/mol. The van der Waals surface area contributed by atoms with E-state index in [1.54, 1.807) is 7.11 Å². The van der Waals surface area contributed by atoms with Gasteiger partial charge in [0.15, 0.2) is 0 Å². The van der Waals surface area contributed by atoms with Crippen molar-refractivity contribution in [2.45, 2.75) is 52.0 Å². The number of rotatable bonds is 10. The highest BCUT2D eigenvalue weighted by molar-refractivity contribution is 5.37. The topological polar surface area (TPSA) is 21.3 Å². The summed E-state index contributed by atoms with van der Waals surface area (Å²) in [4.78, 5) is 0. The summed E-state index contributed by atoms with van der Waals surface area (Å²) in [5.41, 5.74) is 2.58. The zero-order chi connectivity index (χ0) is 14.8. The Morgan fingerprint density at radius 1 is 1.30 bits per heavy atom. The first kappa shape index (κ1) is 16.8. The highest BCUT2D eigenvalue weighted by Gasteiger charge is 2.11. The number of unbranched alkanes of at least 4 members (excludes halogenated alkanes) is 3. The molecule has 0 fully saturated rings. The van der Waals surface area contributed by atoms with Crippen molar-refractivity contribution in [1.82, 2.24) is 5.32 Å². The molecule has 2 nitrogen and oxygen atoms in total. The van der Waals surface area contributed by atoms with Crippen LogP contribution < -0.4 is 10.1 Å². The van der Waals surface area contributed by atoms with E-state index in [0.717, 1.165) is 18.7 Å². The Morgan fingerprint density at radius 3 is 2.70 bits per heavy atom. The highest BCUT2D eigenvalue weighted by atomic mass is 16.5. The molecule has 112 valence electrons. The molecule has 0 radical (unpaired) electrons. The Labute approximate surface area is 124 Å². The second-order valence-corrected chi connectivity index (χ2v) is 5.27. The lowest BCUT2D eigenvalue weighted by Crippen LogP contribution is -2.21. The Bertz CT molecular complexity index is 400. The van der Waals surface area contributed by atoms with Crippen molar-refractivity contribution in [1.29, 1.82) is 0 Å². The minimum absolute atomic E-state index is 0.452. The van der Waals surface area contributed by atoms with Gasteiger partial charge in [-0.05, 0) is 49.9 Å². The summed E-state index contributed by atoms with van der Waals surface area (Å²) in [5.74, 6) is 0.968. The van der Waals surface area contributed by atoms with E-state index in [-0.39, 0.29) is 0 Å². The maximum Gasteiger partial charge on any atom is 0.121 e. The van der Waals surface area contributed by atoms with E-state index in [4.69, 9.17) is 4.74 Å².